The summed E-state index contributed by atoms with van der Waals surface area (Å²) >= 11 is 0. The average molecular weight is 218 g/mol. The molecule has 1 heterocycles. The number of para-hydroxylation sites is 1. The Kier molecular flexibility index (Phi) is 2.85. The van der Waals surface area contributed by atoms with Crippen molar-refractivity contribution in [2.24, 2.45) is 0 Å². The number of H-pyrrole nitrogens is 1. The van der Waals surface area contributed by atoms with Crippen molar-refractivity contribution in [2.45, 2.75) is 19.8 Å². The van der Waals surface area contributed by atoms with Gasteiger partial charge in [-0.05, 0) is 22.8 Å². The largest absolute Gasteiger partial charge is 0.496 e. The molecule has 1 aromatic carbocycles. The van der Waals surface area contributed by atoms with Gasteiger partial charge in [0.15, 0.2) is 0 Å². The van der Waals surface area contributed by atoms with Crippen LogP contribution in [-0.4, -0.2) is 27.7 Å². The molecule has 0 amide bonds. The maximum Gasteiger partial charge on any atom is 0.208 e. The van der Waals surface area contributed by atoms with E-state index in [4.69, 9.17) is 4.74 Å². The van der Waals surface area contributed by atoms with Crippen molar-refractivity contribution in [3.05, 3.63) is 23.8 Å². The van der Waals surface area contributed by atoms with E-state index < -0.39 is 0 Å². The molecule has 5 heteroatoms. The quantitative estimate of drug-likeness (QED) is 0.855. The first-order valence-electron chi connectivity index (χ1n) is 5.14. The Bertz CT molecular complexity index is 465. The van der Waals surface area contributed by atoms with Crippen LogP contribution in [0.5, 0.6) is 5.75 Å². The second kappa shape index (κ2) is 4.30. The summed E-state index contributed by atoms with van der Waals surface area (Å²) in [6, 6.07) is 5.95. The second-order valence-electron chi connectivity index (χ2n) is 3.82. The van der Waals surface area contributed by atoms with Gasteiger partial charge in [0.1, 0.15) is 5.75 Å². The Balaban J connectivity index is 2.58. The monoisotopic (exact) mass is 218 g/mol. The number of tetrazole rings is 1. The van der Waals surface area contributed by atoms with Crippen LogP contribution in [0.15, 0.2) is 18.2 Å². The lowest BCUT2D eigenvalue weighted by molar-refractivity contribution is 0.409. The van der Waals surface area contributed by atoms with Crippen molar-refractivity contribution >= 4 is 0 Å². The van der Waals surface area contributed by atoms with Gasteiger partial charge < -0.3 is 4.74 Å². The van der Waals surface area contributed by atoms with Crippen molar-refractivity contribution in [3.8, 4) is 17.1 Å². The van der Waals surface area contributed by atoms with Gasteiger partial charge in [-0.2, -0.15) is 5.21 Å². The third-order valence-corrected chi connectivity index (χ3v) is 2.46. The first kappa shape index (κ1) is 10.6. The molecular formula is C11H14N4O. The molecule has 0 saturated carbocycles. The zero-order chi connectivity index (χ0) is 11.5. The molecular weight excluding hydrogens is 204 g/mol. The highest BCUT2D eigenvalue weighted by Crippen LogP contribution is 2.34. The molecule has 0 spiro atoms. The Morgan fingerprint density at radius 1 is 1.31 bits per heavy atom. The topological polar surface area (TPSA) is 63.7 Å². The van der Waals surface area contributed by atoms with E-state index in [1.165, 1.54) is 0 Å². The molecule has 0 bridgehead atoms. The lowest BCUT2D eigenvalue weighted by atomic mass is 9.99. The number of benzene rings is 1. The fraction of sp³-hybridized carbons (Fsp3) is 0.364. The molecule has 0 unspecified atom stereocenters. The average Bonchev–Trinajstić information content (AvgIpc) is 2.81. The number of hydrogen-bond acceptors (Lipinski definition) is 4. The minimum Gasteiger partial charge on any atom is -0.496 e. The minimum atomic E-state index is 0.391. The van der Waals surface area contributed by atoms with Crippen LogP contribution in [0.4, 0.5) is 0 Å². The molecule has 0 radical (unpaired) electrons. The summed E-state index contributed by atoms with van der Waals surface area (Å²) in [5.41, 5.74) is 2.01. The van der Waals surface area contributed by atoms with Gasteiger partial charge in [-0.3, -0.25) is 0 Å². The van der Waals surface area contributed by atoms with Crippen LogP contribution in [0.3, 0.4) is 0 Å². The predicted molar refractivity (Wildman–Crippen MR) is 60.3 cm³/mol. The Morgan fingerprint density at radius 3 is 2.69 bits per heavy atom. The SMILES string of the molecule is COc1c(-c2nn[nH]n2)cccc1C(C)C. The van der Waals surface area contributed by atoms with Crippen molar-refractivity contribution in [1.82, 2.24) is 20.6 Å². The first-order chi connectivity index (χ1) is 7.74. The fourth-order valence-electron chi connectivity index (χ4n) is 1.69. The van der Waals surface area contributed by atoms with E-state index in [9.17, 15) is 0 Å². The Hall–Kier alpha value is -1.91. The number of aromatic amines is 1. The maximum absolute atomic E-state index is 5.44. The summed E-state index contributed by atoms with van der Waals surface area (Å²) in [6.07, 6.45) is 0. The van der Waals surface area contributed by atoms with Gasteiger partial charge in [0, 0.05) is 0 Å². The van der Waals surface area contributed by atoms with Crippen molar-refractivity contribution in [1.29, 1.82) is 0 Å². The number of nitrogens with zero attached hydrogens (tertiary/aromatic N) is 3. The maximum atomic E-state index is 5.44. The molecule has 0 aliphatic heterocycles. The number of methoxy groups -OCH3 is 1. The van der Waals surface area contributed by atoms with Crippen LogP contribution in [0.2, 0.25) is 0 Å². The zero-order valence-electron chi connectivity index (χ0n) is 9.56. The lowest BCUT2D eigenvalue weighted by Crippen LogP contribution is -1.97. The van der Waals surface area contributed by atoms with Gasteiger partial charge in [-0.15, -0.1) is 10.2 Å². The molecule has 0 aliphatic carbocycles. The van der Waals surface area contributed by atoms with E-state index in [0.29, 0.717) is 11.7 Å². The number of rotatable bonds is 3. The van der Waals surface area contributed by atoms with Crippen LogP contribution in [0.25, 0.3) is 11.4 Å². The van der Waals surface area contributed by atoms with Gasteiger partial charge in [-0.25, -0.2) is 0 Å². The lowest BCUT2D eigenvalue weighted by Gasteiger charge is -2.13. The normalized spacial score (nSPS) is 10.8. The molecule has 1 N–H and O–H groups in total. The van der Waals surface area contributed by atoms with Crippen molar-refractivity contribution in [2.75, 3.05) is 7.11 Å². The van der Waals surface area contributed by atoms with Gasteiger partial charge in [0.25, 0.3) is 0 Å². The van der Waals surface area contributed by atoms with E-state index in [1.807, 2.05) is 18.2 Å². The first-order valence-corrected chi connectivity index (χ1v) is 5.14. The van der Waals surface area contributed by atoms with E-state index >= 15 is 0 Å². The third kappa shape index (κ3) is 1.76. The van der Waals surface area contributed by atoms with Crippen molar-refractivity contribution in [3.63, 3.8) is 0 Å². The molecule has 5 nitrogen and oxygen atoms in total. The zero-order valence-corrected chi connectivity index (χ0v) is 9.56. The fourth-order valence-corrected chi connectivity index (χ4v) is 1.69. The van der Waals surface area contributed by atoms with E-state index in [1.54, 1.807) is 7.11 Å². The summed E-state index contributed by atoms with van der Waals surface area (Å²) in [4.78, 5) is 0. The molecule has 84 valence electrons. The number of ether oxygens (including phenoxy) is 1. The number of aromatic nitrogens is 4. The molecule has 2 aromatic rings. The second-order valence-corrected chi connectivity index (χ2v) is 3.82. The van der Waals surface area contributed by atoms with Gasteiger partial charge in [0.05, 0.1) is 12.7 Å². The summed E-state index contributed by atoms with van der Waals surface area (Å²) in [5.74, 6) is 1.76. The van der Waals surface area contributed by atoms with Crippen LogP contribution >= 0.6 is 0 Å². The molecule has 0 atom stereocenters. The molecule has 16 heavy (non-hydrogen) atoms. The van der Waals surface area contributed by atoms with Crippen LogP contribution < -0.4 is 4.74 Å². The van der Waals surface area contributed by atoms with Crippen LogP contribution in [-0.2, 0) is 0 Å². The van der Waals surface area contributed by atoms with Gasteiger partial charge >= 0.3 is 0 Å². The highest BCUT2D eigenvalue weighted by molar-refractivity contribution is 5.66. The molecule has 0 aliphatic rings. The summed E-state index contributed by atoms with van der Waals surface area (Å²) < 4.78 is 5.44. The Morgan fingerprint density at radius 2 is 2.12 bits per heavy atom. The molecule has 0 saturated heterocycles. The standard InChI is InChI=1S/C11H14N4O/c1-7(2)8-5-4-6-9(10(8)16-3)11-12-14-15-13-11/h4-7H,1-3H3,(H,12,13,14,15). The van der Waals surface area contributed by atoms with E-state index in [2.05, 4.69) is 34.5 Å². The van der Waals surface area contributed by atoms with E-state index in [0.717, 1.165) is 16.9 Å². The van der Waals surface area contributed by atoms with Crippen molar-refractivity contribution < 1.29 is 4.74 Å². The van der Waals surface area contributed by atoms with Gasteiger partial charge in [-0.1, -0.05) is 26.0 Å². The minimum absolute atomic E-state index is 0.391. The highest BCUT2D eigenvalue weighted by Gasteiger charge is 2.15. The number of nitrogens with one attached hydrogen (secondary N) is 1. The number of hydrogen-bond donors (Lipinski definition) is 1. The molecule has 1 aromatic heterocycles. The summed E-state index contributed by atoms with van der Waals surface area (Å²) in [7, 11) is 1.66. The highest BCUT2D eigenvalue weighted by atomic mass is 16.5. The summed E-state index contributed by atoms with van der Waals surface area (Å²) in [6.45, 7) is 4.25. The van der Waals surface area contributed by atoms with Crippen LogP contribution in [0, 0.1) is 0 Å². The molecule has 0 fully saturated rings. The van der Waals surface area contributed by atoms with E-state index in [-0.39, 0.29) is 0 Å². The van der Waals surface area contributed by atoms with Crippen LogP contribution in [0.1, 0.15) is 25.3 Å². The smallest absolute Gasteiger partial charge is 0.208 e. The summed E-state index contributed by atoms with van der Waals surface area (Å²) in [5, 5.41) is 13.9. The molecule has 2 rings (SSSR count). The van der Waals surface area contributed by atoms with Gasteiger partial charge in [0.2, 0.25) is 5.82 Å². The predicted octanol–water partition coefficient (Wildman–Crippen LogP) is 2.00. The third-order valence-electron chi connectivity index (χ3n) is 2.46. The Labute approximate surface area is 93.8 Å².